The fourth-order valence-electron chi connectivity index (χ4n) is 4.07. The van der Waals surface area contributed by atoms with E-state index in [1.54, 1.807) is 12.1 Å². The Morgan fingerprint density at radius 2 is 1.56 bits per heavy atom. The van der Waals surface area contributed by atoms with Crippen molar-refractivity contribution < 1.29 is 18.0 Å². The second-order valence-corrected chi connectivity index (χ2v) is 10.2. The first kappa shape index (κ1) is 23.7. The third-order valence-electron chi connectivity index (χ3n) is 5.93. The standard InChI is InChI=1S/C26H27N3O4S/c1-19(30)21-10-7-11-23(18-21)34(32,33)29-16-14-22(15-17-29)27-26(31)28-25-13-6-5-12-24(25)20-8-3-2-4-9-20/h2-13,18,22H,14-17H2,1H3,(H2,27,28,31). The Balaban J connectivity index is 1.36. The number of rotatable bonds is 6. The molecular weight excluding hydrogens is 450 g/mol. The van der Waals surface area contributed by atoms with Gasteiger partial charge in [0.15, 0.2) is 5.78 Å². The van der Waals surface area contributed by atoms with Crippen LogP contribution in [0.5, 0.6) is 0 Å². The van der Waals surface area contributed by atoms with Crippen molar-refractivity contribution in [3.8, 4) is 11.1 Å². The van der Waals surface area contributed by atoms with E-state index in [-0.39, 0.29) is 35.8 Å². The van der Waals surface area contributed by atoms with E-state index < -0.39 is 10.0 Å². The van der Waals surface area contributed by atoms with Crippen molar-refractivity contribution in [2.75, 3.05) is 18.4 Å². The number of hydrogen-bond acceptors (Lipinski definition) is 4. The largest absolute Gasteiger partial charge is 0.335 e. The monoisotopic (exact) mass is 477 g/mol. The van der Waals surface area contributed by atoms with Gasteiger partial charge in [0.05, 0.1) is 10.6 Å². The molecule has 0 aliphatic carbocycles. The number of nitrogens with one attached hydrogen (secondary N) is 2. The summed E-state index contributed by atoms with van der Waals surface area (Å²) < 4.78 is 27.4. The van der Waals surface area contributed by atoms with Crippen LogP contribution in [0.2, 0.25) is 0 Å². The van der Waals surface area contributed by atoms with Crippen LogP contribution >= 0.6 is 0 Å². The second-order valence-electron chi connectivity index (χ2n) is 8.27. The molecule has 176 valence electrons. The molecule has 0 aromatic heterocycles. The molecule has 1 saturated heterocycles. The lowest BCUT2D eigenvalue weighted by atomic mass is 10.0. The van der Waals surface area contributed by atoms with Crippen LogP contribution in [-0.2, 0) is 10.0 Å². The molecule has 0 unspecified atom stereocenters. The third-order valence-corrected chi connectivity index (χ3v) is 7.82. The first-order valence-electron chi connectivity index (χ1n) is 11.2. The van der Waals surface area contributed by atoms with Crippen LogP contribution in [0.1, 0.15) is 30.1 Å². The number of anilines is 1. The highest BCUT2D eigenvalue weighted by Gasteiger charge is 2.30. The minimum Gasteiger partial charge on any atom is -0.335 e. The summed E-state index contributed by atoms with van der Waals surface area (Å²) in [7, 11) is -3.70. The average Bonchev–Trinajstić information content (AvgIpc) is 2.85. The zero-order valence-electron chi connectivity index (χ0n) is 18.9. The lowest BCUT2D eigenvalue weighted by Crippen LogP contribution is -2.47. The Kier molecular flexibility index (Phi) is 7.09. The van der Waals surface area contributed by atoms with Crippen molar-refractivity contribution in [3.63, 3.8) is 0 Å². The van der Waals surface area contributed by atoms with Gasteiger partial charge in [0.2, 0.25) is 10.0 Å². The molecule has 2 amide bonds. The summed E-state index contributed by atoms with van der Waals surface area (Å²) >= 11 is 0. The van der Waals surface area contributed by atoms with E-state index >= 15 is 0 Å². The molecule has 1 aliphatic heterocycles. The number of carbonyl (C=O) groups excluding carboxylic acids is 2. The zero-order valence-corrected chi connectivity index (χ0v) is 19.7. The van der Waals surface area contributed by atoms with E-state index in [1.165, 1.54) is 23.4 Å². The lowest BCUT2D eigenvalue weighted by Gasteiger charge is -2.31. The minimum absolute atomic E-state index is 0.113. The molecule has 3 aromatic carbocycles. The first-order valence-corrected chi connectivity index (χ1v) is 12.6. The van der Waals surface area contributed by atoms with Gasteiger partial charge in [0.1, 0.15) is 0 Å². The molecule has 3 aromatic rings. The van der Waals surface area contributed by atoms with Crippen LogP contribution in [0.15, 0.2) is 83.8 Å². The highest BCUT2D eigenvalue weighted by molar-refractivity contribution is 7.89. The Hall–Kier alpha value is -3.49. The van der Waals surface area contributed by atoms with Gasteiger partial charge in [0, 0.05) is 30.3 Å². The molecule has 0 saturated carbocycles. The first-order chi connectivity index (χ1) is 16.3. The Morgan fingerprint density at radius 1 is 0.882 bits per heavy atom. The van der Waals surface area contributed by atoms with Gasteiger partial charge in [-0.3, -0.25) is 4.79 Å². The van der Waals surface area contributed by atoms with Crippen LogP contribution in [-0.4, -0.2) is 43.7 Å². The number of sulfonamides is 1. The molecule has 34 heavy (non-hydrogen) atoms. The summed E-state index contributed by atoms with van der Waals surface area (Å²) in [6.07, 6.45) is 0.999. The van der Waals surface area contributed by atoms with E-state index in [4.69, 9.17) is 0 Å². The van der Waals surface area contributed by atoms with Gasteiger partial charge in [-0.25, -0.2) is 13.2 Å². The predicted molar refractivity (Wildman–Crippen MR) is 132 cm³/mol. The SMILES string of the molecule is CC(=O)c1cccc(S(=O)(=O)N2CCC(NC(=O)Nc3ccccc3-c3ccccc3)CC2)c1. The van der Waals surface area contributed by atoms with Gasteiger partial charge in [-0.15, -0.1) is 0 Å². The number of para-hydroxylation sites is 1. The van der Waals surface area contributed by atoms with Gasteiger partial charge in [0.25, 0.3) is 0 Å². The topological polar surface area (TPSA) is 95.6 Å². The van der Waals surface area contributed by atoms with Crippen molar-refractivity contribution >= 4 is 27.5 Å². The molecule has 0 radical (unpaired) electrons. The van der Waals surface area contributed by atoms with Crippen molar-refractivity contribution in [1.82, 2.24) is 9.62 Å². The summed E-state index contributed by atoms with van der Waals surface area (Å²) in [6.45, 7) is 1.99. The second kappa shape index (κ2) is 10.2. The molecule has 0 atom stereocenters. The van der Waals surface area contributed by atoms with Gasteiger partial charge < -0.3 is 10.6 Å². The molecule has 0 bridgehead atoms. The van der Waals surface area contributed by atoms with Crippen molar-refractivity contribution in [1.29, 1.82) is 0 Å². The Bertz CT molecular complexity index is 1280. The van der Waals surface area contributed by atoms with Gasteiger partial charge >= 0.3 is 6.03 Å². The maximum absolute atomic E-state index is 13.0. The fraction of sp³-hybridized carbons (Fsp3) is 0.231. The number of hydrogen-bond donors (Lipinski definition) is 2. The lowest BCUT2D eigenvalue weighted by molar-refractivity contribution is 0.101. The van der Waals surface area contributed by atoms with E-state index in [0.717, 1.165) is 11.1 Å². The van der Waals surface area contributed by atoms with E-state index in [2.05, 4.69) is 10.6 Å². The number of urea groups is 1. The summed E-state index contributed by atoms with van der Waals surface area (Å²) in [5.41, 5.74) is 3.00. The normalized spacial score (nSPS) is 15.0. The number of piperidine rings is 1. The summed E-state index contributed by atoms with van der Waals surface area (Å²) in [6, 6.07) is 23.1. The summed E-state index contributed by atoms with van der Waals surface area (Å²) in [5, 5.41) is 5.89. The predicted octanol–water partition coefficient (Wildman–Crippen LogP) is 4.53. The van der Waals surface area contributed by atoms with E-state index in [9.17, 15) is 18.0 Å². The zero-order chi connectivity index (χ0) is 24.1. The van der Waals surface area contributed by atoms with Crippen LogP contribution in [0.3, 0.4) is 0 Å². The molecule has 1 aliphatic rings. The number of benzene rings is 3. The fourth-order valence-corrected chi connectivity index (χ4v) is 5.59. The smallest absolute Gasteiger partial charge is 0.319 e. The molecule has 1 fully saturated rings. The van der Waals surface area contributed by atoms with E-state index in [0.29, 0.717) is 24.1 Å². The van der Waals surface area contributed by atoms with Crippen LogP contribution < -0.4 is 10.6 Å². The van der Waals surface area contributed by atoms with Crippen molar-refractivity contribution in [2.24, 2.45) is 0 Å². The molecule has 2 N–H and O–H groups in total. The average molecular weight is 478 g/mol. The third kappa shape index (κ3) is 5.35. The molecule has 8 heteroatoms. The highest BCUT2D eigenvalue weighted by Crippen LogP contribution is 2.27. The molecule has 7 nitrogen and oxygen atoms in total. The Labute approximate surface area is 199 Å². The van der Waals surface area contributed by atoms with Gasteiger partial charge in [-0.1, -0.05) is 60.7 Å². The Morgan fingerprint density at radius 3 is 2.26 bits per heavy atom. The van der Waals surface area contributed by atoms with Gasteiger partial charge in [-0.05, 0) is 43.5 Å². The summed E-state index contributed by atoms with van der Waals surface area (Å²) in [4.78, 5) is 24.4. The quantitative estimate of drug-likeness (QED) is 0.510. The van der Waals surface area contributed by atoms with Crippen molar-refractivity contribution in [2.45, 2.75) is 30.7 Å². The maximum Gasteiger partial charge on any atom is 0.319 e. The number of amides is 2. The van der Waals surface area contributed by atoms with E-state index in [1.807, 2.05) is 54.6 Å². The molecular formula is C26H27N3O4S. The number of Topliss-reactive ketones (excluding diaryl/α,β-unsaturated/α-hetero) is 1. The molecule has 1 heterocycles. The number of nitrogens with zero attached hydrogens (tertiary/aromatic N) is 1. The number of carbonyl (C=O) groups is 2. The van der Waals surface area contributed by atoms with Crippen LogP contribution in [0, 0.1) is 0 Å². The van der Waals surface area contributed by atoms with Gasteiger partial charge in [-0.2, -0.15) is 4.31 Å². The number of ketones is 1. The van der Waals surface area contributed by atoms with Crippen molar-refractivity contribution in [3.05, 3.63) is 84.4 Å². The van der Waals surface area contributed by atoms with Crippen LogP contribution in [0.25, 0.3) is 11.1 Å². The summed E-state index contributed by atoms with van der Waals surface area (Å²) in [5.74, 6) is -0.181. The highest BCUT2D eigenvalue weighted by atomic mass is 32.2. The molecule has 4 rings (SSSR count). The minimum atomic E-state index is -3.70. The molecule has 0 spiro atoms. The maximum atomic E-state index is 13.0. The van der Waals surface area contributed by atoms with Crippen LogP contribution in [0.4, 0.5) is 10.5 Å².